The summed E-state index contributed by atoms with van der Waals surface area (Å²) in [5.74, 6) is -4.91. The van der Waals surface area contributed by atoms with Crippen LogP contribution >= 0.6 is 0 Å². The van der Waals surface area contributed by atoms with Gasteiger partial charge in [-0.3, -0.25) is 24.2 Å². The maximum Gasteiger partial charge on any atom is 0.326 e. The van der Waals surface area contributed by atoms with Crippen molar-refractivity contribution in [3.05, 3.63) is 0 Å². The Morgan fingerprint density at radius 3 is 1.72 bits per heavy atom. The van der Waals surface area contributed by atoms with E-state index in [-0.39, 0.29) is 43.6 Å². The highest BCUT2D eigenvalue weighted by Crippen LogP contribution is 2.09. The molecule has 0 spiro atoms. The van der Waals surface area contributed by atoms with Gasteiger partial charge >= 0.3 is 11.9 Å². The summed E-state index contributed by atoms with van der Waals surface area (Å²) in [6.45, 7) is 7.42. The molecule has 0 saturated heterocycles. The fourth-order valence-corrected chi connectivity index (χ4v) is 3.27. The van der Waals surface area contributed by atoms with Crippen LogP contribution in [0.3, 0.4) is 0 Å². The van der Waals surface area contributed by atoms with Crippen LogP contribution in [0.5, 0.6) is 0 Å². The number of carbonyl (C=O) groups is 5. The summed E-state index contributed by atoms with van der Waals surface area (Å²) in [4.78, 5) is 64.6. The monoisotopic (exact) mass is 515 g/mol. The van der Waals surface area contributed by atoms with Crippen LogP contribution in [-0.2, 0) is 24.0 Å². The standard InChI is InChI=1S/C22H41N7O7/c1-11(2)8-15(28-18(32)13(23)10-17(30)31)20(34)27-14(6-5-7-26-22(24)25)19(33)29-16(21(35)36)9-12(3)4/h11-16H,5-10,23H2,1-4H3,(H,27,34)(H,28,32)(H,29,33)(H,30,31)(H,35,36)(H4,24,25,26). The molecule has 11 N–H and O–H groups in total. The van der Waals surface area contributed by atoms with E-state index in [0.29, 0.717) is 6.42 Å². The van der Waals surface area contributed by atoms with E-state index in [1.165, 1.54) is 0 Å². The Morgan fingerprint density at radius 1 is 0.778 bits per heavy atom. The Balaban J connectivity index is 5.65. The topological polar surface area (TPSA) is 252 Å². The molecule has 0 aliphatic heterocycles. The Kier molecular flexibility index (Phi) is 14.7. The van der Waals surface area contributed by atoms with Crippen LogP contribution in [0.4, 0.5) is 0 Å². The Bertz CT molecular complexity index is 798. The van der Waals surface area contributed by atoms with E-state index >= 15 is 0 Å². The van der Waals surface area contributed by atoms with Gasteiger partial charge in [0.2, 0.25) is 17.7 Å². The number of nitrogens with one attached hydrogen (secondary N) is 3. The molecule has 0 bridgehead atoms. The molecule has 206 valence electrons. The first-order chi connectivity index (χ1) is 16.6. The fourth-order valence-electron chi connectivity index (χ4n) is 3.27. The zero-order valence-electron chi connectivity index (χ0n) is 21.3. The van der Waals surface area contributed by atoms with Crippen molar-refractivity contribution in [1.82, 2.24) is 16.0 Å². The van der Waals surface area contributed by atoms with E-state index in [1.807, 2.05) is 27.7 Å². The number of hydrogen-bond donors (Lipinski definition) is 8. The number of carboxylic acids is 2. The van der Waals surface area contributed by atoms with Crippen molar-refractivity contribution in [2.45, 2.75) is 84.0 Å². The molecule has 0 radical (unpaired) electrons. The van der Waals surface area contributed by atoms with Gasteiger partial charge in [-0.1, -0.05) is 27.7 Å². The van der Waals surface area contributed by atoms with Crippen LogP contribution in [0.2, 0.25) is 0 Å². The van der Waals surface area contributed by atoms with Gasteiger partial charge in [-0.15, -0.1) is 0 Å². The number of hydrogen-bond acceptors (Lipinski definition) is 7. The predicted octanol–water partition coefficient (Wildman–Crippen LogP) is -1.53. The van der Waals surface area contributed by atoms with Crippen LogP contribution in [0.25, 0.3) is 0 Å². The summed E-state index contributed by atoms with van der Waals surface area (Å²) in [5.41, 5.74) is 16.2. The number of carboxylic acid groups (broad SMARTS) is 2. The molecule has 0 aliphatic carbocycles. The highest BCUT2D eigenvalue weighted by molar-refractivity contribution is 5.94. The van der Waals surface area contributed by atoms with Gasteiger partial charge in [0.1, 0.15) is 18.1 Å². The van der Waals surface area contributed by atoms with Crippen LogP contribution in [0.1, 0.15) is 59.8 Å². The molecule has 0 heterocycles. The smallest absolute Gasteiger partial charge is 0.326 e. The number of guanidine groups is 1. The van der Waals surface area contributed by atoms with E-state index in [0.717, 1.165) is 0 Å². The minimum absolute atomic E-state index is 0.0121. The van der Waals surface area contributed by atoms with Crippen molar-refractivity contribution in [3.8, 4) is 0 Å². The predicted molar refractivity (Wildman–Crippen MR) is 132 cm³/mol. The average Bonchev–Trinajstić information content (AvgIpc) is 2.73. The van der Waals surface area contributed by atoms with Crippen molar-refractivity contribution >= 4 is 35.6 Å². The molecule has 4 atom stereocenters. The first-order valence-corrected chi connectivity index (χ1v) is 11.8. The second kappa shape index (κ2) is 16.3. The van der Waals surface area contributed by atoms with Crippen molar-refractivity contribution in [2.24, 2.45) is 34.0 Å². The number of aliphatic carboxylic acids is 2. The second-order valence-electron chi connectivity index (χ2n) is 9.43. The molecule has 0 rings (SSSR count). The van der Waals surface area contributed by atoms with Gasteiger partial charge in [0, 0.05) is 6.54 Å². The van der Waals surface area contributed by atoms with Crippen LogP contribution < -0.4 is 33.2 Å². The summed E-state index contributed by atoms with van der Waals surface area (Å²) in [6, 6.07) is -4.76. The highest BCUT2D eigenvalue weighted by Gasteiger charge is 2.31. The third kappa shape index (κ3) is 14.1. The number of nitrogens with two attached hydrogens (primary N) is 3. The zero-order valence-corrected chi connectivity index (χ0v) is 21.3. The molecular formula is C22H41N7O7. The molecule has 14 heteroatoms. The number of rotatable bonds is 17. The average molecular weight is 516 g/mol. The summed E-state index contributed by atoms with van der Waals surface area (Å²) < 4.78 is 0. The van der Waals surface area contributed by atoms with Crippen LogP contribution in [0, 0.1) is 11.8 Å². The molecule has 14 nitrogen and oxygen atoms in total. The summed E-state index contributed by atoms with van der Waals surface area (Å²) in [7, 11) is 0. The zero-order chi connectivity index (χ0) is 28.0. The normalized spacial score (nSPS) is 14.3. The maximum atomic E-state index is 13.1. The van der Waals surface area contributed by atoms with E-state index in [4.69, 9.17) is 22.3 Å². The number of nitrogens with zero attached hydrogens (tertiary/aromatic N) is 1. The highest BCUT2D eigenvalue weighted by atomic mass is 16.4. The van der Waals surface area contributed by atoms with E-state index in [9.17, 15) is 29.1 Å². The quantitative estimate of drug-likeness (QED) is 0.0630. The van der Waals surface area contributed by atoms with Crippen molar-refractivity contribution in [1.29, 1.82) is 0 Å². The van der Waals surface area contributed by atoms with E-state index < -0.39 is 60.2 Å². The number of amides is 3. The Morgan fingerprint density at radius 2 is 1.25 bits per heavy atom. The van der Waals surface area contributed by atoms with Crippen LogP contribution in [-0.4, -0.2) is 76.5 Å². The molecule has 0 aromatic carbocycles. The summed E-state index contributed by atoms with van der Waals surface area (Å²) in [5, 5.41) is 25.8. The molecule has 0 aliphatic rings. The molecule has 0 saturated carbocycles. The number of carbonyl (C=O) groups excluding carboxylic acids is 3. The van der Waals surface area contributed by atoms with E-state index in [2.05, 4.69) is 20.9 Å². The molecule has 3 amide bonds. The van der Waals surface area contributed by atoms with Crippen molar-refractivity contribution in [3.63, 3.8) is 0 Å². The van der Waals surface area contributed by atoms with Crippen molar-refractivity contribution < 1.29 is 34.2 Å². The maximum absolute atomic E-state index is 13.1. The lowest BCUT2D eigenvalue weighted by molar-refractivity contribution is -0.142. The fraction of sp³-hybridized carbons (Fsp3) is 0.727. The van der Waals surface area contributed by atoms with Gasteiger partial charge in [0.15, 0.2) is 5.96 Å². The number of aliphatic imine (C=N–C) groups is 1. The van der Waals surface area contributed by atoms with Gasteiger partial charge in [-0.2, -0.15) is 0 Å². The van der Waals surface area contributed by atoms with E-state index in [1.54, 1.807) is 0 Å². The van der Waals surface area contributed by atoms with Gasteiger partial charge < -0.3 is 43.4 Å². The minimum Gasteiger partial charge on any atom is -0.481 e. The molecule has 0 fully saturated rings. The largest absolute Gasteiger partial charge is 0.481 e. The summed E-state index contributed by atoms with van der Waals surface area (Å²) in [6.07, 6.45) is 0.129. The third-order valence-corrected chi connectivity index (χ3v) is 4.97. The van der Waals surface area contributed by atoms with Gasteiger partial charge in [-0.25, -0.2) is 4.79 Å². The second-order valence-corrected chi connectivity index (χ2v) is 9.43. The first-order valence-electron chi connectivity index (χ1n) is 11.8. The van der Waals surface area contributed by atoms with Crippen molar-refractivity contribution in [2.75, 3.05) is 6.54 Å². The Labute approximate surface area is 210 Å². The molecule has 36 heavy (non-hydrogen) atoms. The van der Waals surface area contributed by atoms with Gasteiger partial charge in [0.25, 0.3) is 0 Å². The van der Waals surface area contributed by atoms with Crippen LogP contribution in [0.15, 0.2) is 4.99 Å². The first kappa shape index (κ1) is 32.6. The lowest BCUT2D eigenvalue weighted by Gasteiger charge is -2.26. The van der Waals surface area contributed by atoms with Gasteiger partial charge in [-0.05, 0) is 37.5 Å². The molecule has 4 unspecified atom stereocenters. The molecular weight excluding hydrogens is 474 g/mol. The molecule has 0 aromatic rings. The lowest BCUT2D eigenvalue weighted by Crippen LogP contribution is -2.57. The van der Waals surface area contributed by atoms with Gasteiger partial charge in [0.05, 0.1) is 12.5 Å². The summed E-state index contributed by atoms with van der Waals surface area (Å²) >= 11 is 0. The molecule has 0 aromatic heterocycles. The lowest BCUT2D eigenvalue weighted by atomic mass is 10.0. The Hall–Kier alpha value is -3.42. The third-order valence-electron chi connectivity index (χ3n) is 4.97. The SMILES string of the molecule is CC(C)CC(NC(=O)C(CCCN=C(N)N)NC(=O)C(CC(C)C)NC(=O)C(N)CC(=O)O)C(=O)O. The minimum atomic E-state index is -1.36.